The third-order valence-corrected chi connectivity index (χ3v) is 3.64. The second kappa shape index (κ2) is 6.02. The summed E-state index contributed by atoms with van der Waals surface area (Å²) in [7, 11) is 0. The Balaban J connectivity index is 1.81. The van der Waals surface area contributed by atoms with Crippen LogP contribution in [0.5, 0.6) is 0 Å². The molecule has 1 aliphatic heterocycles. The minimum Gasteiger partial charge on any atom is -0.312 e. The second-order valence-electron chi connectivity index (χ2n) is 6.61. The van der Waals surface area contributed by atoms with Gasteiger partial charge in [0, 0.05) is 24.2 Å². The Kier molecular flexibility index (Phi) is 4.58. The van der Waals surface area contributed by atoms with Crippen molar-refractivity contribution in [3.8, 4) is 0 Å². The van der Waals surface area contributed by atoms with Crippen molar-refractivity contribution >= 4 is 0 Å². The molecule has 0 radical (unpaired) electrons. The fourth-order valence-electron chi connectivity index (χ4n) is 2.54. The maximum atomic E-state index is 13.6. The lowest BCUT2D eigenvalue weighted by Gasteiger charge is -2.23. The Hall–Kier alpha value is -0.930. The Morgan fingerprint density at radius 3 is 2.74 bits per heavy atom. The highest BCUT2D eigenvalue weighted by Gasteiger charge is 2.24. The molecule has 2 nitrogen and oxygen atoms in total. The summed E-state index contributed by atoms with van der Waals surface area (Å²) in [4.78, 5) is 2.35. The third-order valence-electron chi connectivity index (χ3n) is 3.64. The first-order chi connectivity index (χ1) is 8.94. The summed E-state index contributed by atoms with van der Waals surface area (Å²) in [5, 5.41) is 3.56. The lowest BCUT2D eigenvalue weighted by Crippen LogP contribution is -2.39. The normalized spacial score (nSPS) is 20.9. The third kappa shape index (κ3) is 4.59. The number of halogens is 1. The maximum absolute atomic E-state index is 13.6. The van der Waals surface area contributed by atoms with E-state index < -0.39 is 0 Å². The van der Waals surface area contributed by atoms with Gasteiger partial charge in [0.2, 0.25) is 0 Å². The van der Waals surface area contributed by atoms with Crippen LogP contribution in [0.15, 0.2) is 24.3 Å². The summed E-state index contributed by atoms with van der Waals surface area (Å²) in [5.41, 5.74) is 0.991. The zero-order chi connectivity index (χ0) is 13.9. The molecule has 19 heavy (non-hydrogen) atoms. The minimum absolute atomic E-state index is 0.0845. The molecule has 1 heterocycles. The van der Waals surface area contributed by atoms with Crippen LogP contribution in [0.25, 0.3) is 0 Å². The van der Waals surface area contributed by atoms with E-state index in [9.17, 15) is 4.39 Å². The number of benzene rings is 1. The van der Waals surface area contributed by atoms with Crippen LogP contribution < -0.4 is 5.32 Å². The van der Waals surface area contributed by atoms with E-state index in [4.69, 9.17) is 0 Å². The monoisotopic (exact) mass is 264 g/mol. The van der Waals surface area contributed by atoms with Crippen LogP contribution in [-0.4, -0.2) is 30.1 Å². The predicted molar refractivity (Wildman–Crippen MR) is 77.5 cm³/mol. The molecule has 1 fully saturated rings. The van der Waals surface area contributed by atoms with E-state index >= 15 is 0 Å². The standard InChI is InChI=1S/C16H25FN2/c1-16(2,3)18-10-13-8-9-19(11-13)12-14-6-4-5-7-15(14)17/h4-7,13,18H,8-12H2,1-3H3. The molecule has 3 heteroatoms. The molecule has 0 bridgehead atoms. The van der Waals surface area contributed by atoms with Gasteiger partial charge in [-0.05, 0) is 52.3 Å². The molecular formula is C16H25FN2. The summed E-state index contributed by atoms with van der Waals surface area (Å²) < 4.78 is 13.6. The van der Waals surface area contributed by atoms with Crippen LogP contribution in [0.4, 0.5) is 4.39 Å². The molecule has 106 valence electrons. The van der Waals surface area contributed by atoms with Crippen LogP contribution in [0.3, 0.4) is 0 Å². The number of nitrogens with one attached hydrogen (secondary N) is 1. The van der Waals surface area contributed by atoms with E-state index in [0.717, 1.165) is 31.7 Å². The topological polar surface area (TPSA) is 15.3 Å². The molecule has 1 aromatic rings. The predicted octanol–water partition coefficient (Wildman–Crippen LogP) is 3.04. The molecule has 1 aromatic carbocycles. The van der Waals surface area contributed by atoms with E-state index in [1.165, 1.54) is 6.42 Å². The van der Waals surface area contributed by atoms with Crippen molar-refractivity contribution in [1.82, 2.24) is 10.2 Å². The quantitative estimate of drug-likeness (QED) is 0.899. The molecule has 0 amide bonds. The van der Waals surface area contributed by atoms with Gasteiger partial charge in [-0.25, -0.2) is 4.39 Å². The highest BCUT2D eigenvalue weighted by molar-refractivity contribution is 5.17. The molecule has 1 atom stereocenters. The summed E-state index contributed by atoms with van der Waals surface area (Å²) in [6.45, 7) is 10.5. The van der Waals surface area contributed by atoms with Crippen molar-refractivity contribution in [2.24, 2.45) is 5.92 Å². The molecule has 2 rings (SSSR count). The Bertz CT molecular complexity index is 411. The lowest BCUT2D eigenvalue weighted by atomic mass is 10.1. The van der Waals surface area contributed by atoms with E-state index in [0.29, 0.717) is 5.92 Å². The smallest absolute Gasteiger partial charge is 0.127 e. The number of rotatable bonds is 4. The molecular weight excluding hydrogens is 239 g/mol. The molecule has 1 unspecified atom stereocenters. The van der Waals surface area contributed by atoms with Crippen molar-refractivity contribution in [2.75, 3.05) is 19.6 Å². The van der Waals surface area contributed by atoms with Crippen molar-refractivity contribution in [1.29, 1.82) is 0 Å². The van der Waals surface area contributed by atoms with Crippen LogP contribution in [0, 0.1) is 11.7 Å². The van der Waals surface area contributed by atoms with Crippen molar-refractivity contribution in [3.63, 3.8) is 0 Å². The van der Waals surface area contributed by atoms with Gasteiger partial charge in [-0.1, -0.05) is 18.2 Å². The second-order valence-corrected chi connectivity index (χ2v) is 6.61. The van der Waals surface area contributed by atoms with Crippen molar-refractivity contribution < 1.29 is 4.39 Å². The van der Waals surface area contributed by atoms with Gasteiger partial charge in [0.15, 0.2) is 0 Å². The van der Waals surface area contributed by atoms with Crippen LogP contribution in [-0.2, 0) is 6.54 Å². The van der Waals surface area contributed by atoms with Crippen LogP contribution in [0.1, 0.15) is 32.8 Å². The average Bonchev–Trinajstić information content (AvgIpc) is 2.77. The van der Waals surface area contributed by atoms with Gasteiger partial charge in [-0.15, -0.1) is 0 Å². The first kappa shape index (κ1) is 14.5. The molecule has 0 saturated carbocycles. The Morgan fingerprint density at radius 1 is 1.32 bits per heavy atom. The zero-order valence-corrected chi connectivity index (χ0v) is 12.2. The number of hydrogen-bond donors (Lipinski definition) is 1. The fourth-order valence-corrected chi connectivity index (χ4v) is 2.54. The first-order valence-electron chi connectivity index (χ1n) is 7.15. The van der Waals surface area contributed by atoms with E-state index in [2.05, 4.69) is 31.0 Å². The Morgan fingerprint density at radius 2 is 2.05 bits per heavy atom. The van der Waals surface area contributed by atoms with Gasteiger partial charge in [0.05, 0.1) is 0 Å². The summed E-state index contributed by atoms with van der Waals surface area (Å²) in [6.07, 6.45) is 1.21. The molecule has 1 N–H and O–H groups in total. The van der Waals surface area contributed by atoms with E-state index in [-0.39, 0.29) is 11.4 Å². The van der Waals surface area contributed by atoms with Gasteiger partial charge < -0.3 is 5.32 Å². The van der Waals surface area contributed by atoms with Crippen LogP contribution >= 0.6 is 0 Å². The van der Waals surface area contributed by atoms with Gasteiger partial charge in [-0.2, -0.15) is 0 Å². The van der Waals surface area contributed by atoms with Gasteiger partial charge in [0.25, 0.3) is 0 Å². The summed E-state index contributed by atoms with van der Waals surface area (Å²) >= 11 is 0. The van der Waals surface area contributed by atoms with Crippen molar-refractivity contribution in [3.05, 3.63) is 35.6 Å². The molecule has 1 aliphatic rings. The number of hydrogen-bond acceptors (Lipinski definition) is 2. The maximum Gasteiger partial charge on any atom is 0.127 e. The van der Waals surface area contributed by atoms with Gasteiger partial charge >= 0.3 is 0 Å². The first-order valence-corrected chi connectivity index (χ1v) is 7.15. The summed E-state index contributed by atoms with van der Waals surface area (Å²) in [6, 6.07) is 7.09. The van der Waals surface area contributed by atoms with E-state index in [1.807, 2.05) is 12.1 Å². The fraction of sp³-hybridized carbons (Fsp3) is 0.625. The molecule has 0 aromatic heterocycles. The zero-order valence-electron chi connectivity index (χ0n) is 12.2. The largest absolute Gasteiger partial charge is 0.312 e. The molecule has 0 aliphatic carbocycles. The highest BCUT2D eigenvalue weighted by Crippen LogP contribution is 2.19. The Labute approximate surface area is 116 Å². The van der Waals surface area contributed by atoms with Gasteiger partial charge in [-0.3, -0.25) is 4.90 Å². The highest BCUT2D eigenvalue weighted by atomic mass is 19.1. The van der Waals surface area contributed by atoms with Crippen LogP contribution in [0.2, 0.25) is 0 Å². The summed E-state index contributed by atoms with van der Waals surface area (Å²) in [5.74, 6) is 0.602. The average molecular weight is 264 g/mol. The van der Waals surface area contributed by atoms with E-state index in [1.54, 1.807) is 12.1 Å². The molecule has 0 spiro atoms. The lowest BCUT2D eigenvalue weighted by molar-refractivity contribution is 0.301. The number of nitrogens with zero attached hydrogens (tertiary/aromatic N) is 1. The van der Waals surface area contributed by atoms with Crippen molar-refractivity contribution in [2.45, 2.75) is 39.3 Å². The SMILES string of the molecule is CC(C)(C)NCC1CCN(Cc2ccccc2F)C1. The number of likely N-dealkylation sites (tertiary alicyclic amines) is 1. The van der Waals surface area contributed by atoms with Gasteiger partial charge in [0.1, 0.15) is 5.82 Å². The minimum atomic E-state index is -0.0845. The molecule has 1 saturated heterocycles.